The van der Waals surface area contributed by atoms with Crippen LogP contribution in [-0.2, 0) is 0 Å². The van der Waals surface area contributed by atoms with Crippen molar-refractivity contribution in [2.24, 2.45) is 0 Å². The van der Waals surface area contributed by atoms with Crippen molar-refractivity contribution in [3.63, 3.8) is 0 Å². The summed E-state index contributed by atoms with van der Waals surface area (Å²) in [5, 5.41) is 4.64. The average molecular weight is 267 g/mol. The molecule has 0 aliphatic carbocycles. The number of hydrogen-bond donors (Lipinski definition) is 1. The maximum Gasteiger partial charge on any atom is 0.134 e. The van der Waals surface area contributed by atoms with Gasteiger partial charge in [-0.15, -0.1) is 0 Å². The number of rotatable bonds is 5. The van der Waals surface area contributed by atoms with Gasteiger partial charge in [0.2, 0.25) is 0 Å². The van der Waals surface area contributed by atoms with Crippen LogP contribution in [0.1, 0.15) is 30.6 Å². The first-order chi connectivity index (χ1) is 9.90. The highest BCUT2D eigenvalue weighted by atomic mass is 16.3. The smallest absolute Gasteiger partial charge is 0.134 e. The van der Waals surface area contributed by atoms with E-state index in [1.165, 1.54) is 0 Å². The van der Waals surface area contributed by atoms with E-state index in [0.29, 0.717) is 0 Å². The fraction of sp³-hybridized carbons (Fsp3) is 0.250. The number of nitrogens with one attached hydrogen (secondary N) is 1. The third-order valence-electron chi connectivity index (χ3n) is 3.30. The molecule has 0 saturated heterocycles. The Morgan fingerprint density at radius 1 is 1.25 bits per heavy atom. The van der Waals surface area contributed by atoms with Gasteiger partial charge in [-0.05, 0) is 19.0 Å². The van der Waals surface area contributed by atoms with Crippen molar-refractivity contribution >= 4 is 11.0 Å². The molecule has 1 aromatic carbocycles. The molecule has 2 heterocycles. The monoisotopic (exact) mass is 267 g/mol. The van der Waals surface area contributed by atoms with Crippen LogP contribution in [0.3, 0.4) is 0 Å². The summed E-state index contributed by atoms with van der Waals surface area (Å²) in [6.07, 6.45) is 8.08. The van der Waals surface area contributed by atoms with E-state index >= 15 is 0 Å². The Kier molecular flexibility index (Phi) is 3.74. The van der Waals surface area contributed by atoms with Gasteiger partial charge in [0.1, 0.15) is 5.58 Å². The van der Waals surface area contributed by atoms with Gasteiger partial charge in [0, 0.05) is 23.3 Å². The molecule has 0 fully saturated rings. The minimum absolute atomic E-state index is 0.00676. The third kappa shape index (κ3) is 2.42. The predicted octanol–water partition coefficient (Wildman–Crippen LogP) is 3.31. The molecule has 1 N–H and O–H groups in total. The zero-order valence-electron chi connectivity index (χ0n) is 11.4. The Balaban J connectivity index is 2.05. The topological polar surface area (TPSA) is 51.0 Å². The summed E-state index contributed by atoms with van der Waals surface area (Å²) in [6.45, 7) is 3.06. The van der Waals surface area contributed by atoms with Crippen LogP contribution in [0.5, 0.6) is 0 Å². The fourth-order valence-corrected chi connectivity index (χ4v) is 2.34. The number of nitrogens with zero attached hydrogens (tertiary/aromatic N) is 2. The van der Waals surface area contributed by atoms with Gasteiger partial charge in [0.15, 0.2) is 0 Å². The molecule has 4 heteroatoms. The molecular weight excluding hydrogens is 250 g/mol. The number of aromatic nitrogens is 2. The summed E-state index contributed by atoms with van der Waals surface area (Å²) < 4.78 is 5.64. The third-order valence-corrected chi connectivity index (χ3v) is 3.30. The maximum absolute atomic E-state index is 5.64. The number of furan rings is 1. The van der Waals surface area contributed by atoms with Crippen LogP contribution in [0, 0.1) is 0 Å². The van der Waals surface area contributed by atoms with Gasteiger partial charge in [-0.3, -0.25) is 9.97 Å². The molecular formula is C16H17N3O. The molecule has 4 nitrogen and oxygen atoms in total. The van der Waals surface area contributed by atoms with E-state index in [1.807, 2.05) is 24.5 Å². The van der Waals surface area contributed by atoms with Crippen LogP contribution in [0.2, 0.25) is 0 Å². The van der Waals surface area contributed by atoms with Crippen molar-refractivity contribution in [2.45, 2.75) is 19.4 Å². The van der Waals surface area contributed by atoms with Crippen LogP contribution in [-0.4, -0.2) is 16.5 Å². The molecule has 0 amide bonds. The van der Waals surface area contributed by atoms with E-state index in [9.17, 15) is 0 Å². The van der Waals surface area contributed by atoms with Crippen molar-refractivity contribution in [3.8, 4) is 0 Å². The van der Waals surface area contributed by atoms with Gasteiger partial charge < -0.3 is 9.73 Å². The van der Waals surface area contributed by atoms with E-state index in [2.05, 4.69) is 28.3 Å². The molecule has 0 saturated carbocycles. The lowest BCUT2D eigenvalue weighted by molar-refractivity contribution is 0.563. The normalized spacial score (nSPS) is 12.7. The van der Waals surface area contributed by atoms with Crippen molar-refractivity contribution in [3.05, 3.63) is 60.4 Å². The van der Waals surface area contributed by atoms with Gasteiger partial charge in [-0.25, -0.2) is 0 Å². The van der Waals surface area contributed by atoms with E-state index in [0.717, 1.165) is 35.2 Å². The lowest BCUT2D eigenvalue weighted by Gasteiger charge is -2.16. The van der Waals surface area contributed by atoms with Gasteiger partial charge >= 0.3 is 0 Å². The van der Waals surface area contributed by atoms with Crippen LogP contribution >= 0.6 is 0 Å². The summed E-state index contributed by atoms with van der Waals surface area (Å²) in [5.74, 6) is 0. The Morgan fingerprint density at radius 3 is 2.95 bits per heavy atom. The van der Waals surface area contributed by atoms with Crippen molar-refractivity contribution in [1.29, 1.82) is 0 Å². The second-order valence-electron chi connectivity index (χ2n) is 4.70. The summed E-state index contributed by atoms with van der Waals surface area (Å²) >= 11 is 0. The first-order valence-electron chi connectivity index (χ1n) is 6.85. The number of fused-ring (bicyclic) bond motifs is 1. The van der Waals surface area contributed by atoms with Crippen molar-refractivity contribution in [2.75, 3.05) is 6.54 Å². The van der Waals surface area contributed by atoms with E-state index in [4.69, 9.17) is 4.42 Å². The van der Waals surface area contributed by atoms with E-state index < -0.39 is 0 Å². The number of hydrogen-bond acceptors (Lipinski definition) is 4. The molecule has 102 valence electrons. The highest BCUT2D eigenvalue weighted by Gasteiger charge is 2.19. The summed E-state index contributed by atoms with van der Waals surface area (Å²) in [6, 6.07) is 8.06. The Bertz CT molecular complexity index is 678. The number of para-hydroxylation sites is 1. The van der Waals surface area contributed by atoms with Crippen LogP contribution < -0.4 is 5.32 Å². The molecule has 1 unspecified atom stereocenters. The molecule has 0 aliphatic heterocycles. The summed E-state index contributed by atoms with van der Waals surface area (Å²) in [4.78, 5) is 8.60. The minimum Gasteiger partial charge on any atom is -0.464 e. The predicted molar refractivity (Wildman–Crippen MR) is 78.4 cm³/mol. The second kappa shape index (κ2) is 5.84. The molecule has 3 rings (SSSR count). The minimum atomic E-state index is 0.00676. The Morgan fingerprint density at radius 2 is 2.15 bits per heavy atom. The standard InChI is InChI=1S/C16H17N3O/c1-2-7-19-16(14-10-17-8-9-18-14)13-11-20-15-6-4-3-5-12(13)15/h3-6,8-11,16,19H,2,7H2,1H3. The van der Waals surface area contributed by atoms with Crippen molar-refractivity contribution < 1.29 is 4.42 Å². The highest BCUT2D eigenvalue weighted by Crippen LogP contribution is 2.29. The SMILES string of the molecule is CCCNC(c1cnccn1)c1coc2ccccc12. The average Bonchev–Trinajstić information content (AvgIpc) is 2.93. The Labute approximate surface area is 117 Å². The van der Waals surface area contributed by atoms with Crippen LogP contribution in [0.15, 0.2) is 53.5 Å². The maximum atomic E-state index is 5.64. The molecule has 0 aliphatic rings. The van der Waals surface area contributed by atoms with Gasteiger partial charge in [-0.2, -0.15) is 0 Å². The fourth-order valence-electron chi connectivity index (χ4n) is 2.34. The second-order valence-corrected chi connectivity index (χ2v) is 4.70. The van der Waals surface area contributed by atoms with Crippen LogP contribution in [0.4, 0.5) is 0 Å². The van der Waals surface area contributed by atoms with Gasteiger partial charge in [-0.1, -0.05) is 25.1 Å². The molecule has 2 aromatic heterocycles. The largest absolute Gasteiger partial charge is 0.464 e. The lowest BCUT2D eigenvalue weighted by Crippen LogP contribution is -2.24. The van der Waals surface area contributed by atoms with Gasteiger partial charge in [0.25, 0.3) is 0 Å². The Hall–Kier alpha value is -2.20. The number of benzene rings is 1. The van der Waals surface area contributed by atoms with E-state index in [-0.39, 0.29) is 6.04 Å². The zero-order valence-corrected chi connectivity index (χ0v) is 11.4. The molecule has 1 atom stereocenters. The molecule has 0 bridgehead atoms. The zero-order chi connectivity index (χ0) is 13.8. The summed E-state index contributed by atoms with van der Waals surface area (Å²) in [7, 11) is 0. The first-order valence-corrected chi connectivity index (χ1v) is 6.85. The first kappa shape index (κ1) is 12.8. The summed E-state index contributed by atoms with van der Waals surface area (Å²) in [5.41, 5.74) is 2.91. The lowest BCUT2D eigenvalue weighted by atomic mass is 10.0. The molecule has 20 heavy (non-hydrogen) atoms. The molecule has 0 spiro atoms. The molecule has 0 radical (unpaired) electrons. The van der Waals surface area contributed by atoms with Crippen LogP contribution in [0.25, 0.3) is 11.0 Å². The van der Waals surface area contributed by atoms with Gasteiger partial charge in [0.05, 0.1) is 24.2 Å². The highest BCUT2D eigenvalue weighted by molar-refractivity contribution is 5.81. The quantitative estimate of drug-likeness (QED) is 0.770. The van der Waals surface area contributed by atoms with Crippen molar-refractivity contribution in [1.82, 2.24) is 15.3 Å². The molecule has 3 aromatic rings. The van der Waals surface area contributed by atoms with E-state index in [1.54, 1.807) is 18.6 Å².